The maximum atomic E-state index is 5.67. The van der Waals surface area contributed by atoms with Crippen molar-refractivity contribution in [2.24, 2.45) is 0 Å². The Morgan fingerprint density at radius 2 is 1.69 bits per heavy atom. The second kappa shape index (κ2) is 9.77. The van der Waals surface area contributed by atoms with Crippen molar-refractivity contribution < 1.29 is 0 Å². The van der Waals surface area contributed by atoms with Gasteiger partial charge in [-0.1, -0.05) is 44.2 Å². The molecule has 1 aromatic rings. The van der Waals surface area contributed by atoms with E-state index in [9.17, 15) is 0 Å². The number of hydrogen-bond donors (Lipinski definition) is 1. The van der Waals surface area contributed by atoms with E-state index in [-0.39, 0.29) is 0 Å². The Hall–Kier alpha value is -0.313. The Morgan fingerprint density at radius 1 is 1.15 bits per heavy atom. The van der Waals surface area contributed by atoms with Crippen LogP contribution in [0.5, 0.6) is 0 Å². The zero-order valence-corrected chi connectivity index (χ0v) is 10.6. The van der Waals surface area contributed by atoms with Gasteiger partial charge >= 0.3 is 0 Å². The van der Waals surface area contributed by atoms with Gasteiger partial charge in [-0.3, -0.25) is 0 Å². The van der Waals surface area contributed by atoms with Crippen molar-refractivity contribution in [2.45, 2.75) is 13.8 Å². The Bertz CT molecular complexity index is 189. The first-order valence-corrected chi connectivity index (χ1v) is 7.50. The van der Waals surface area contributed by atoms with Crippen LogP contribution in [0.2, 0.25) is 0 Å². The van der Waals surface area contributed by atoms with Gasteiger partial charge in [0.15, 0.2) is 8.83 Å². The number of hydrogen-bond acceptors (Lipinski definition) is 1. The molecule has 1 nitrogen and oxygen atoms in total. The molecule has 0 heterocycles. The van der Waals surface area contributed by atoms with E-state index in [1.807, 2.05) is 18.2 Å². The summed E-state index contributed by atoms with van der Waals surface area (Å²) in [5.74, 6) is 0. The van der Waals surface area contributed by atoms with Gasteiger partial charge in [-0.15, -0.1) is 0 Å². The Balaban J connectivity index is 0.000000252. The van der Waals surface area contributed by atoms with Crippen molar-refractivity contribution in [1.82, 2.24) is 5.32 Å². The Kier molecular flexibility index (Phi) is 9.54. The van der Waals surface area contributed by atoms with Crippen LogP contribution >= 0.6 is 11.1 Å². The molecule has 13 heavy (non-hydrogen) atoms. The molecule has 0 saturated carbocycles. The summed E-state index contributed by atoms with van der Waals surface area (Å²) < 4.78 is 0. The van der Waals surface area contributed by atoms with Gasteiger partial charge in [-0.2, -0.15) is 11.1 Å². The third-order valence-corrected chi connectivity index (χ3v) is 3.20. The fourth-order valence-corrected chi connectivity index (χ4v) is 1.80. The fourth-order valence-electron chi connectivity index (χ4n) is 0.817. The van der Waals surface area contributed by atoms with E-state index < -0.39 is 8.83 Å². The quantitative estimate of drug-likeness (QED) is 0.592. The summed E-state index contributed by atoms with van der Waals surface area (Å²) >= 11 is 5.67. The van der Waals surface area contributed by atoms with Crippen molar-refractivity contribution in [2.75, 3.05) is 13.1 Å². The molecule has 3 heteroatoms. The molecule has 0 fully saturated rings. The van der Waals surface area contributed by atoms with Crippen LogP contribution in [-0.2, 0) is 0 Å². The fraction of sp³-hybridized carbons (Fsp3) is 0.400. The summed E-state index contributed by atoms with van der Waals surface area (Å²) in [7, 11) is -0.437. The molecule has 0 bridgehead atoms. The molecule has 0 spiro atoms. The lowest BCUT2D eigenvalue weighted by Crippen LogP contribution is -2.09. The molecule has 0 amide bonds. The van der Waals surface area contributed by atoms with Crippen molar-refractivity contribution in [3.8, 4) is 0 Å². The summed E-state index contributed by atoms with van der Waals surface area (Å²) in [5, 5.41) is 4.43. The SMILES string of the molecule is CCNCC.Cl[SiH2]c1ccccc1. The van der Waals surface area contributed by atoms with Crippen molar-refractivity contribution in [3.63, 3.8) is 0 Å². The van der Waals surface area contributed by atoms with Crippen LogP contribution in [0.15, 0.2) is 30.3 Å². The van der Waals surface area contributed by atoms with Crippen LogP contribution in [-0.4, -0.2) is 21.9 Å². The third kappa shape index (κ3) is 8.03. The summed E-state index contributed by atoms with van der Waals surface area (Å²) in [6.45, 7) is 6.39. The zero-order chi connectivity index (χ0) is 9.94. The molecule has 74 valence electrons. The predicted octanol–water partition coefficient (Wildman–Crippen LogP) is 1.25. The van der Waals surface area contributed by atoms with Gasteiger partial charge in [0.05, 0.1) is 0 Å². The van der Waals surface area contributed by atoms with Gasteiger partial charge in [-0.05, 0) is 18.3 Å². The average Bonchev–Trinajstić information content (AvgIpc) is 2.21. The van der Waals surface area contributed by atoms with E-state index in [1.165, 1.54) is 5.19 Å². The van der Waals surface area contributed by atoms with Gasteiger partial charge in [-0.25, -0.2) is 0 Å². The van der Waals surface area contributed by atoms with Gasteiger partial charge in [0.25, 0.3) is 0 Å². The highest BCUT2D eigenvalue weighted by atomic mass is 35.6. The first-order valence-electron chi connectivity index (χ1n) is 4.65. The van der Waals surface area contributed by atoms with Gasteiger partial charge in [0, 0.05) is 0 Å². The van der Waals surface area contributed by atoms with E-state index in [0.29, 0.717) is 0 Å². The molecular weight excluding hydrogens is 198 g/mol. The van der Waals surface area contributed by atoms with E-state index in [0.717, 1.165) is 13.1 Å². The molecule has 0 unspecified atom stereocenters. The highest BCUT2D eigenvalue weighted by Gasteiger charge is 1.83. The normalized spacial score (nSPS) is 9.77. The summed E-state index contributed by atoms with van der Waals surface area (Å²) in [6, 6.07) is 10.2. The maximum absolute atomic E-state index is 5.67. The molecule has 1 N–H and O–H groups in total. The van der Waals surface area contributed by atoms with Crippen LogP contribution in [0.4, 0.5) is 0 Å². The molecule has 1 aromatic carbocycles. The molecule has 0 aliphatic rings. The van der Waals surface area contributed by atoms with Crippen LogP contribution in [0.3, 0.4) is 0 Å². The summed E-state index contributed by atoms with van der Waals surface area (Å²) in [4.78, 5) is 0. The minimum absolute atomic E-state index is 0.437. The summed E-state index contributed by atoms with van der Waals surface area (Å²) in [6.07, 6.45) is 0. The lowest BCUT2D eigenvalue weighted by molar-refractivity contribution is 0.762. The standard InChI is InChI=1S/C6H7ClSi.C4H11N/c7-8-6-4-2-1-3-5-6;1-3-5-4-2/h1-5H,8H2;5H,3-4H2,1-2H3. The van der Waals surface area contributed by atoms with Crippen molar-refractivity contribution in [3.05, 3.63) is 30.3 Å². The first-order chi connectivity index (χ1) is 6.35. The molecule has 0 aliphatic heterocycles. The topological polar surface area (TPSA) is 12.0 Å². The maximum Gasteiger partial charge on any atom is 0.155 e. The van der Waals surface area contributed by atoms with E-state index in [2.05, 4.69) is 31.3 Å². The average molecular weight is 216 g/mol. The third-order valence-electron chi connectivity index (χ3n) is 1.50. The van der Waals surface area contributed by atoms with Crippen LogP contribution < -0.4 is 10.5 Å². The highest BCUT2D eigenvalue weighted by molar-refractivity contribution is 7.01. The number of benzene rings is 1. The Morgan fingerprint density at radius 3 is 1.92 bits per heavy atom. The van der Waals surface area contributed by atoms with Crippen molar-refractivity contribution in [1.29, 1.82) is 0 Å². The van der Waals surface area contributed by atoms with Gasteiger partial charge in [0.2, 0.25) is 0 Å². The second-order valence-corrected chi connectivity index (χ2v) is 4.46. The lowest BCUT2D eigenvalue weighted by atomic mass is 10.4. The molecule has 0 atom stereocenters. The number of nitrogens with one attached hydrogen (secondary N) is 1. The Labute approximate surface area is 88.0 Å². The monoisotopic (exact) mass is 215 g/mol. The molecule has 0 aromatic heterocycles. The largest absolute Gasteiger partial charge is 0.317 e. The minimum atomic E-state index is -0.437. The zero-order valence-electron chi connectivity index (χ0n) is 8.39. The summed E-state index contributed by atoms with van der Waals surface area (Å²) in [5.41, 5.74) is 0. The molecule has 0 radical (unpaired) electrons. The van der Waals surface area contributed by atoms with Crippen molar-refractivity contribution >= 4 is 25.1 Å². The molecule has 1 rings (SSSR count). The van der Waals surface area contributed by atoms with Crippen LogP contribution in [0.25, 0.3) is 0 Å². The molecule has 0 aliphatic carbocycles. The highest BCUT2D eigenvalue weighted by Crippen LogP contribution is 1.81. The predicted molar refractivity (Wildman–Crippen MR) is 64.7 cm³/mol. The minimum Gasteiger partial charge on any atom is -0.317 e. The van der Waals surface area contributed by atoms with E-state index in [4.69, 9.17) is 11.1 Å². The van der Waals surface area contributed by atoms with Crippen LogP contribution in [0.1, 0.15) is 13.8 Å². The molecular formula is C10H18ClNSi. The lowest BCUT2D eigenvalue weighted by Gasteiger charge is -1.87. The smallest absolute Gasteiger partial charge is 0.155 e. The number of rotatable bonds is 3. The second-order valence-electron chi connectivity index (χ2n) is 2.58. The van der Waals surface area contributed by atoms with E-state index >= 15 is 0 Å². The molecule has 0 saturated heterocycles. The van der Waals surface area contributed by atoms with Gasteiger partial charge < -0.3 is 5.32 Å². The first kappa shape index (κ1) is 12.7. The number of halogens is 1. The van der Waals surface area contributed by atoms with E-state index in [1.54, 1.807) is 0 Å². The van der Waals surface area contributed by atoms with Gasteiger partial charge in [0.1, 0.15) is 0 Å². The van der Waals surface area contributed by atoms with Crippen LogP contribution in [0, 0.1) is 0 Å².